The maximum absolute atomic E-state index is 13.7. The summed E-state index contributed by atoms with van der Waals surface area (Å²) in [6.45, 7) is 9.72. The molecule has 18 heavy (non-hydrogen) atoms. The lowest BCUT2D eigenvalue weighted by Crippen LogP contribution is -2.45. The fourth-order valence-corrected chi connectivity index (χ4v) is 2.61. The highest BCUT2D eigenvalue weighted by atomic mass is 19.1. The van der Waals surface area contributed by atoms with E-state index < -0.39 is 0 Å². The van der Waals surface area contributed by atoms with E-state index in [-0.39, 0.29) is 11.9 Å². The molecule has 0 saturated carbocycles. The first-order valence-corrected chi connectivity index (χ1v) is 6.54. The van der Waals surface area contributed by atoms with Crippen molar-refractivity contribution < 1.29 is 4.39 Å². The van der Waals surface area contributed by atoms with Crippen molar-refractivity contribution in [2.75, 3.05) is 26.2 Å². The van der Waals surface area contributed by atoms with Crippen molar-refractivity contribution in [1.29, 1.82) is 0 Å². The smallest absolute Gasteiger partial charge is 0.126 e. The molecule has 1 N–H and O–H groups in total. The van der Waals surface area contributed by atoms with Crippen LogP contribution in [0.15, 0.2) is 30.9 Å². The van der Waals surface area contributed by atoms with E-state index in [1.54, 1.807) is 6.07 Å². The van der Waals surface area contributed by atoms with E-state index in [4.69, 9.17) is 0 Å². The summed E-state index contributed by atoms with van der Waals surface area (Å²) in [6.07, 6.45) is 2.79. The largest absolute Gasteiger partial charge is 0.314 e. The first-order valence-electron chi connectivity index (χ1n) is 6.54. The van der Waals surface area contributed by atoms with E-state index in [9.17, 15) is 4.39 Å². The minimum Gasteiger partial charge on any atom is -0.314 e. The molecule has 0 spiro atoms. The van der Waals surface area contributed by atoms with Crippen molar-refractivity contribution >= 4 is 0 Å². The van der Waals surface area contributed by atoms with Gasteiger partial charge in [-0.25, -0.2) is 4.39 Å². The van der Waals surface area contributed by atoms with Crippen molar-refractivity contribution in [3.63, 3.8) is 0 Å². The Hall–Kier alpha value is -1.19. The van der Waals surface area contributed by atoms with E-state index in [1.165, 1.54) is 6.07 Å². The van der Waals surface area contributed by atoms with Gasteiger partial charge in [0.1, 0.15) is 5.82 Å². The number of halogens is 1. The summed E-state index contributed by atoms with van der Waals surface area (Å²) in [5.74, 6) is -0.114. The third-order valence-corrected chi connectivity index (χ3v) is 3.65. The quantitative estimate of drug-likeness (QED) is 0.824. The van der Waals surface area contributed by atoms with Crippen LogP contribution in [-0.4, -0.2) is 31.1 Å². The third kappa shape index (κ3) is 2.79. The van der Waals surface area contributed by atoms with E-state index in [1.807, 2.05) is 19.1 Å². The lowest BCUT2D eigenvalue weighted by atomic mass is 9.96. The van der Waals surface area contributed by atoms with Gasteiger partial charge in [-0.3, -0.25) is 4.90 Å². The first-order chi connectivity index (χ1) is 8.74. The van der Waals surface area contributed by atoms with Crippen LogP contribution in [0.4, 0.5) is 4.39 Å². The zero-order valence-corrected chi connectivity index (χ0v) is 11.0. The molecule has 0 aromatic heterocycles. The second kappa shape index (κ2) is 6.12. The molecule has 1 heterocycles. The van der Waals surface area contributed by atoms with Crippen LogP contribution in [0.2, 0.25) is 0 Å². The summed E-state index contributed by atoms with van der Waals surface area (Å²) < 4.78 is 13.7. The summed E-state index contributed by atoms with van der Waals surface area (Å²) in [5.41, 5.74) is 1.86. The minimum atomic E-state index is -0.114. The fourth-order valence-electron chi connectivity index (χ4n) is 2.61. The third-order valence-electron chi connectivity index (χ3n) is 3.65. The number of nitrogens with zero attached hydrogens (tertiary/aromatic N) is 1. The Labute approximate surface area is 108 Å². The SMILES string of the molecule is C=CC[C@@H](c1cccc(F)c1C)N1CCNCC1. The van der Waals surface area contributed by atoms with E-state index >= 15 is 0 Å². The predicted octanol–water partition coefficient (Wildman–Crippen LogP) is 2.66. The number of benzene rings is 1. The van der Waals surface area contributed by atoms with Crippen LogP contribution in [0, 0.1) is 12.7 Å². The molecule has 0 aliphatic carbocycles. The summed E-state index contributed by atoms with van der Waals surface area (Å²) in [7, 11) is 0. The number of hydrogen-bond acceptors (Lipinski definition) is 2. The summed E-state index contributed by atoms with van der Waals surface area (Å²) in [5, 5.41) is 3.35. The minimum absolute atomic E-state index is 0.114. The van der Waals surface area contributed by atoms with Gasteiger partial charge < -0.3 is 5.32 Å². The van der Waals surface area contributed by atoms with Crippen LogP contribution < -0.4 is 5.32 Å². The molecule has 1 saturated heterocycles. The van der Waals surface area contributed by atoms with Gasteiger partial charge in [-0.05, 0) is 30.5 Å². The van der Waals surface area contributed by atoms with Crippen molar-refractivity contribution in [3.05, 3.63) is 47.8 Å². The van der Waals surface area contributed by atoms with Gasteiger partial charge >= 0.3 is 0 Å². The van der Waals surface area contributed by atoms with Crippen LogP contribution in [0.25, 0.3) is 0 Å². The highest BCUT2D eigenvalue weighted by Crippen LogP contribution is 2.28. The molecule has 1 aliphatic rings. The Balaban J connectivity index is 2.28. The number of nitrogens with one attached hydrogen (secondary N) is 1. The van der Waals surface area contributed by atoms with E-state index in [2.05, 4.69) is 16.8 Å². The van der Waals surface area contributed by atoms with Crippen LogP contribution >= 0.6 is 0 Å². The standard InChI is InChI=1S/C15H21FN2/c1-3-5-15(18-10-8-17-9-11-18)13-6-4-7-14(16)12(13)2/h3-4,6-7,15,17H,1,5,8-11H2,2H3/t15-/m0/s1. The van der Waals surface area contributed by atoms with E-state index in [0.29, 0.717) is 0 Å². The average molecular weight is 248 g/mol. The molecule has 0 amide bonds. The molecule has 0 radical (unpaired) electrons. The predicted molar refractivity (Wildman–Crippen MR) is 73.1 cm³/mol. The van der Waals surface area contributed by atoms with Crippen LogP contribution in [0.1, 0.15) is 23.6 Å². The second-order valence-corrected chi connectivity index (χ2v) is 4.78. The zero-order valence-electron chi connectivity index (χ0n) is 11.0. The first kappa shape index (κ1) is 13.2. The maximum Gasteiger partial charge on any atom is 0.126 e. The number of hydrogen-bond donors (Lipinski definition) is 1. The topological polar surface area (TPSA) is 15.3 Å². The maximum atomic E-state index is 13.7. The van der Waals surface area contributed by atoms with Gasteiger partial charge in [0.15, 0.2) is 0 Å². The Kier molecular flexibility index (Phi) is 4.50. The van der Waals surface area contributed by atoms with Crippen LogP contribution in [0.3, 0.4) is 0 Å². The lowest BCUT2D eigenvalue weighted by Gasteiger charge is -2.35. The van der Waals surface area contributed by atoms with Crippen molar-refractivity contribution in [2.24, 2.45) is 0 Å². The molecule has 1 aromatic rings. The summed E-state index contributed by atoms with van der Waals surface area (Å²) >= 11 is 0. The van der Waals surface area contributed by atoms with Gasteiger partial charge in [-0.1, -0.05) is 18.2 Å². The fraction of sp³-hybridized carbons (Fsp3) is 0.467. The van der Waals surface area contributed by atoms with Gasteiger partial charge in [0.25, 0.3) is 0 Å². The molecular formula is C15H21FN2. The summed E-state index contributed by atoms with van der Waals surface area (Å²) in [6, 6.07) is 5.62. The lowest BCUT2D eigenvalue weighted by molar-refractivity contribution is 0.173. The summed E-state index contributed by atoms with van der Waals surface area (Å²) in [4.78, 5) is 2.42. The Bertz CT molecular complexity index is 411. The molecular weight excluding hydrogens is 227 g/mol. The molecule has 0 bridgehead atoms. The highest BCUT2D eigenvalue weighted by Gasteiger charge is 2.23. The van der Waals surface area contributed by atoms with E-state index in [0.717, 1.165) is 43.7 Å². The molecule has 1 aromatic carbocycles. The molecule has 2 nitrogen and oxygen atoms in total. The Morgan fingerprint density at radius 3 is 2.83 bits per heavy atom. The molecule has 98 valence electrons. The second-order valence-electron chi connectivity index (χ2n) is 4.78. The molecule has 3 heteroatoms. The van der Waals surface area contributed by atoms with Crippen molar-refractivity contribution in [3.8, 4) is 0 Å². The molecule has 2 rings (SSSR count). The molecule has 0 unspecified atom stereocenters. The molecule has 1 atom stereocenters. The highest BCUT2D eigenvalue weighted by molar-refractivity contribution is 5.30. The normalized spacial score (nSPS) is 18.6. The van der Waals surface area contributed by atoms with Crippen molar-refractivity contribution in [1.82, 2.24) is 10.2 Å². The Morgan fingerprint density at radius 1 is 1.44 bits per heavy atom. The number of rotatable bonds is 4. The molecule has 1 aliphatic heterocycles. The molecule has 1 fully saturated rings. The van der Waals surface area contributed by atoms with Crippen molar-refractivity contribution in [2.45, 2.75) is 19.4 Å². The van der Waals surface area contributed by atoms with Gasteiger partial charge in [0.2, 0.25) is 0 Å². The zero-order chi connectivity index (χ0) is 13.0. The average Bonchev–Trinajstić information content (AvgIpc) is 2.41. The van der Waals surface area contributed by atoms with Gasteiger partial charge in [-0.15, -0.1) is 6.58 Å². The Morgan fingerprint density at radius 2 is 2.17 bits per heavy atom. The van der Waals surface area contributed by atoms with Gasteiger partial charge in [0.05, 0.1) is 0 Å². The van der Waals surface area contributed by atoms with Crippen LogP contribution in [0.5, 0.6) is 0 Å². The van der Waals surface area contributed by atoms with Gasteiger partial charge in [-0.2, -0.15) is 0 Å². The number of piperazine rings is 1. The van der Waals surface area contributed by atoms with Gasteiger partial charge in [0, 0.05) is 32.2 Å². The van der Waals surface area contributed by atoms with Crippen LogP contribution in [-0.2, 0) is 0 Å². The monoisotopic (exact) mass is 248 g/mol.